The molecule has 0 aromatic heterocycles. The summed E-state index contributed by atoms with van der Waals surface area (Å²) < 4.78 is 6.10. The zero-order valence-corrected chi connectivity index (χ0v) is 15.8. The predicted octanol–water partition coefficient (Wildman–Crippen LogP) is 7.16. The van der Waals surface area contributed by atoms with Crippen LogP contribution in [0.1, 0.15) is 16.7 Å². The van der Waals surface area contributed by atoms with Crippen molar-refractivity contribution in [2.45, 2.75) is 13.3 Å². The maximum absolute atomic E-state index is 6.10. The van der Waals surface area contributed by atoms with Gasteiger partial charge < -0.3 is 9.64 Å². The number of anilines is 3. The highest BCUT2D eigenvalue weighted by Crippen LogP contribution is 2.49. The number of hydrogen-bond donors (Lipinski definition) is 0. The lowest BCUT2D eigenvalue weighted by atomic mass is 10.0. The largest absolute Gasteiger partial charge is 0.453 e. The van der Waals surface area contributed by atoms with Crippen LogP contribution in [0.5, 0.6) is 11.5 Å². The summed E-state index contributed by atoms with van der Waals surface area (Å²) in [6.07, 6.45) is 0.941. The fraction of sp³-hybridized carbons (Fsp3) is 0.0769. The second kappa shape index (κ2) is 6.90. The zero-order valence-electron chi connectivity index (χ0n) is 15.8. The highest BCUT2D eigenvalue weighted by molar-refractivity contribution is 5.86. The topological polar surface area (TPSA) is 12.5 Å². The molecular weight excluding hydrogens is 342 g/mol. The number of ether oxygens (including phenoxy) is 1. The molecule has 2 nitrogen and oxygen atoms in total. The molecule has 0 amide bonds. The number of nitrogens with zero attached hydrogens (tertiary/aromatic N) is 1. The third-order valence-electron chi connectivity index (χ3n) is 5.16. The third kappa shape index (κ3) is 3.03. The number of benzene rings is 4. The molecule has 0 fully saturated rings. The maximum atomic E-state index is 6.10. The first-order valence-corrected chi connectivity index (χ1v) is 9.58. The number of fused-ring (bicyclic) bond motifs is 2. The minimum absolute atomic E-state index is 0.880. The van der Waals surface area contributed by atoms with Crippen molar-refractivity contribution in [2.24, 2.45) is 0 Å². The quantitative estimate of drug-likeness (QED) is 0.337. The van der Waals surface area contributed by atoms with E-state index in [-0.39, 0.29) is 0 Å². The Bertz CT molecular complexity index is 1070. The maximum Gasteiger partial charge on any atom is 0.151 e. The minimum atomic E-state index is 0.880. The van der Waals surface area contributed by atoms with Gasteiger partial charge in [-0.15, -0.1) is 0 Å². The van der Waals surface area contributed by atoms with Crippen LogP contribution < -0.4 is 9.64 Å². The van der Waals surface area contributed by atoms with Crippen molar-refractivity contribution < 1.29 is 4.74 Å². The van der Waals surface area contributed by atoms with Crippen LogP contribution in [0.25, 0.3) is 0 Å². The molecule has 0 aliphatic carbocycles. The molecule has 1 heterocycles. The Kier molecular flexibility index (Phi) is 4.10. The van der Waals surface area contributed by atoms with E-state index in [0.29, 0.717) is 0 Å². The van der Waals surface area contributed by atoms with E-state index in [9.17, 15) is 0 Å². The fourth-order valence-electron chi connectivity index (χ4n) is 3.69. The molecule has 4 aromatic rings. The van der Waals surface area contributed by atoms with Crippen LogP contribution in [-0.2, 0) is 6.42 Å². The minimum Gasteiger partial charge on any atom is -0.453 e. The number of rotatable bonds is 3. The van der Waals surface area contributed by atoms with Crippen molar-refractivity contribution in [2.75, 3.05) is 4.90 Å². The van der Waals surface area contributed by atoms with Crippen LogP contribution in [0.3, 0.4) is 0 Å². The van der Waals surface area contributed by atoms with E-state index in [4.69, 9.17) is 4.74 Å². The van der Waals surface area contributed by atoms with E-state index in [1.165, 1.54) is 16.7 Å². The molecule has 0 saturated heterocycles. The van der Waals surface area contributed by atoms with Gasteiger partial charge in [0.15, 0.2) is 11.5 Å². The van der Waals surface area contributed by atoms with Crippen LogP contribution in [0, 0.1) is 6.92 Å². The van der Waals surface area contributed by atoms with Crippen molar-refractivity contribution in [3.8, 4) is 11.5 Å². The second-order valence-corrected chi connectivity index (χ2v) is 7.20. The number of hydrogen-bond acceptors (Lipinski definition) is 2. The van der Waals surface area contributed by atoms with Crippen LogP contribution in [0.2, 0.25) is 0 Å². The van der Waals surface area contributed by atoms with Gasteiger partial charge in [-0.1, -0.05) is 66.2 Å². The molecule has 5 rings (SSSR count). The van der Waals surface area contributed by atoms with Gasteiger partial charge in [0.25, 0.3) is 0 Å². The van der Waals surface area contributed by atoms with Crippen LogP contribution in [0.15, 0.2) is 97.1 Å². The van der Waals surface area contributed by atoms with Gasteiger partial charge in [-0.2, -0.15) is 0 Å². The molecule has 0 N–H and O–H groups in total. The predicted molar refractivity (Wildman–Crippen MR) is 115 cm³/mol. The molecule has 0 unspecified atom stereocenters. The Balaban J connectivity index is 1.50. The molecule has 4 aromatic carbocycles. The Labute approximate surface area is 165 Å². The fourth-order valence-corrected chi connectivity index (χ4v) is 3.69. The standard InChI is InChI=1S/C26H21NO/c1-19-10-12-20(13-11-19)18-21-14-16-22(17-15-21)27-23-6-2-4-8-25(23)28-26-9-5-3-7-24(26)27/h2-17H,18H2,1H3. The average Bonchev–Trinajstić information content (AvgIpc) is 2.74. The van der Waals surface area contributed by atoms with Crippen LogP contribution in [0.4, 0.5) is 17.1 Å². The molecule has 136 valence electrons. The molecule has 0 saturated carbocycles. The summed E-state index contributed by atoms with van der Waals surface area (Å²) in [5, 5.41) is 0. The summed E-state index contributed by atoms with van der Waals surface area (Å²) in [5.74, 6) is 1.76. The summed E-state index contributed by atoms with van der Waals surface area (Å²) in [7, 11) is 0. The summed E-state index contributed by atoms with van der Waals surface area (Å²) >= 11 is 0. The van der Waals surface area contributed by atoms with Gasteiger partial charge in [0.1, 0.15) is 0 Å². The van der Waals surface area contributed by atoms with Crippen molar-refractivity contribution in [3.63, 3.8) is 0 Å². The number of para-hydroxylation sites is 4. The van der Waals surface area contributed by atoms with Crippen LogP contribution >= 0.6 is 0 Å². The molecule has 0 atom stereocenters. The SMILES string of the molecule is Cc1ccc(Cc2ccc(N3c4ccccc4Oc4ccccc43)cc2)cc1. The first-order valence-electron chi connectivity index (χ1n) is 9.58. The van der Waals surface area contributed by atoms with Crippen LogP contribution in [-0.4, -0.2) is 0 Å². The number of aryl methyl sites for hydroxylation is 1. The van der Waals surface area contributed by atoms with Gasteiger partial charge in [0.2, 0.25) is 0 Å². The van der Waals surface area contributed by atoms with Crippen molar-refractivity contribution in [1.82, 2.24) is 0 Å². The Hall–Kier alpha value is -3.52. The smallest absolute Gasteiger partial charge is 0.151 e. The average molecular weight is 363 g/mol. The molecule has 28 heavy (non-hydrogen) atoms. The summed E-state index contributed by atoms with van der Waals surface area (Å²) in [6, 6.07) is 33.9. The normalized spacial score (nSPS) is 12.1. The molecule has 2 heteroatoms. The highest BCUT2D eigenvalue weighted by atomic mass is 16.5. The third-order valence-corrected chi connectivity index (χ3v) is 5.16. The summed E-state index contributed by atoms with van der Waals surface area (Å²) in [6.45, 7) is 2.12. The van der Waals surface area contributed by atoms with E-state index >= 15 is 0 Å². The Morgan fingerprint density at radius 1 is 0.607 bits per heavy atom. The first-order chi connectivity index (χ1) is 13.8. The van der Waals surface area contributed by atoms with E-state index in [0.717, 1.165) is 35.0 Å². The van der Waals surface area contributed by atoms with Gasteiger partial charge in [0.05, 0.1) is 11.4 Å². The van der Waals surface area contributed by atoms with E-state index in [1.807, 2.05) is 24.3 Å². The van der Waals surface area contributed by atoms with E-state index in [1.54, 1.807) is 0 Å². The summed E-state index contributed by atoms with van der Waals surface area (Å²) in [5.41, 5.74) is 7.20. The lowest BCUT2D eigenvalue weighted by molar-refractivity contribution is 0.477. The van der Waals surface area contributed by atoms with Gasteiger partial charge >= 0.3 is 0 Å². The lowest BCUT2D eigenvalue weighted by Gasteiger charge is -2.32. The van der Waals surface area contributed by atoms with Gasteiger partial charge in [-0.25, -0.2) is 0 Å². The van der Waals surface area contributed by atoms with Gasteiger partial charge in [-0.3, -0.25) is 0 Å². The monoisotopic (exact) mass is 363 g/mol. The molecule has 0 bridgehead atoms. The highest BCUT2D eigenvalue weighted by Gasteiger charge is 2.24. The molecule has 0 spiro atoms. The van der Waals surface area contributed by atoms with Gasteiger partial charge in [0, 0.05) is 5.69 Å². The molecule has 1 aliphatic rings. The zero-order chi connectivity index (χ0) is 18.9. The van der Waals surface area contributed by atoms with Gasteiger partial charge in [-0.05, 0) is 60.9 Å². The van der Waals surface area contributed by atoms with Crippen molar-refractivity contribution in [1.29, 1.82) is 0 Å². The lowest BCUT2D eigenvalue weighted by Crippen LogP contribution is -2.15. The molecule has 1 aliphatic heterocycles. The first kappa shape index (κ1) is 16.6. The summed E-state index contributed by atoms with van der Waals surface area (Å²) in [4.78, 5) is 2.27. The molecular formula is C26H21NO. The Morgan fingerprint density at radius 3 is 1.68 bits per heavy atom. The van der Waals surface area contributed by atoms with Crippen molar-refractivity contribution in [3.05, 3.63) is 114 Å². The molecule has 0 radical (unpaired) electrons. The van der Waals surface area contributed by atoms with Crippen molar-refractivity contribution >= 4 is 17.1 Å². The Morgan fingerprint density at radius 2 is 1.11 bits per heavy atom. The second-order valence-electron chi connectivity index (χ2n) is 7.20. The van der Waals surface area contributed by atoms with E-state index < -0.39 is 0 Å². The van der Waals surface area contributed by atoms with E-state index in [2.05, 4.69) is 84.6 Å².